The van der Waals surface area contributed by atoms with Crippen molar-refractivity contribution in [1.29, 1.82) is 0 Å². The van der Waals surface area contributed by atoms with Gasteiger partial charge in [-0.3, -0.25) is 4.79 Å². The van der Waals surface area contributed by atoms with Crippen molar-refractivity contribution >= 4 is 17.7 Å². The molecule has 4 rings (SSSR count). The maximum atomic E-state index is 12.5. The number of carbonyl (C=O) groups excluding carboxylic acids is 1. The van der Waals surface area contributed by atoms with Gasteiger partial charge < -0.3 is 24.3 Å². The van der Waals surface area contributed by atoms with E-state index < -0.39 is 0 Å². The van der Waals surface area contributed by atoms with Crippen LogP contribution in [0.3, 0.4) is 0 Å². The van der Waals surface area contributed by atoms with Gasteiger partial charge in [0.25, 0.3) is 0 Å². The third kappa shape index (κ3) is 7.20. The fraction of sp³-hybridized carbons (Fsp3) is 0.379. The monoisotopic (exact) mass is 550 g/mol. The van der Waals surface area contributed by atoms with E-state index in [4.69, 9.17) is 23.9 Å². The van der Waals surface area contributed by atoms with Gasteiger partial charge in [0.15, 0.2) is 23.0 Å². The largest absolute Gasteiger partial charge is 0.493 e. The SMILES string of the molecule is COc1ccc(-c2nnc(SCC(=O)NCCC3=CCCCC3)nc2-c2ccc(OC)c(OC)c2)cc1OC. The van der Waals surface area contributed by atoms with Crippen molar-refractivity contribution in [1.82, 2.24) is 20.5 Å². The molecule has 0 fully saturated rings. The van der Waals surface area contributed by atoms with E-state index >= 15 is 0 Å². The number of carbonyl (C=O) groups is 1. The lowest BCUT2D eigenvalue weighted by atomic mass is 9.97. The highest BCUT2D eigenvalue weighted by atomic mass is 32.2. The molecule has 1 heterocycles. The minimum absolute atomic E-state index is 0.0587. The van der Waals surface area contributed by atoms with Crippen LogP contribution in [0.15, 0.2) is 53.2 Å². The quantitative estimate of drug-likeness (QED) is 0.236. The van der Waals surface area contributed by atoms with Gasteiger partial charge >= 0.3 is 0 Å². The second-order valence-electron chi connectivity index (χ2n) is 8.93. The third-order valence-electron chi connectivity index (χ3n) is 6.47. The summed E-state index contributed by atoms with van der Waals surface area (Å²) in [6.45, 7) is 0.638. The maximum absolute atomic E-state index is 12.5. The highest BCUT2D eigenvalue weighted by molar-refractivity contribution is 7.99. The van der Waals surface area contributed by atoms with Crippen LogP contribution >= 0.6 is 11.8 Å². The minimum atomic E-state index is -0.0587. The first-order chi connectivity index (χ1) is 19.1. The van der Waals surface area contributed by atoms with Crippen LogP contribution < -0.4 is 24.3 Å². The fourth-order valence-corrected chi connectivity index (χ4v) is 5.03. The van der Waals surface area contributed by atoms with Gasteiger partial charge in [0.2, 0.25) is 11.1 Å². The first-order valence-electron chi connectivity index (χ1n) is 12.8. The third-order valence-corrected chi connectivity index (χ3v) is 7.30. The molecule has 0 radical (unpaired) electrons. The first kappa shape index (κ1) is 28.2. The number of methoxy groups -OCH3 is 4. The smallest absolute Gasteiger partial charge is 0.230 e. The molecule has 206 valence electrons. The van der Waals surface area contributed by atoms with E-state index in [0.717, 1.165) is 30.4 Å². The number of thioether (sulfide) groups is 1. The van der Waals surface area contributed by atoms with E-state index in [1.54, 1.807) is 28.4 Å². The summed E-state index contributed by atoms with van der Waals surface area (Å²) in [5.74, 6) is 2.47. The van der Waals surface area contributed by atoms with E-state index in [-0.39, 0.29) is 11.7 Å². The number of amides is 1. The normalized spacial score (nSPS) is 12.9. The molecule has 0 saturated carbocycles. The van der Waals surface area contributed by atoms with Crippen LogP contribution in [-0.4, -0.2) is 61.8 Å². The van der Waals surface area contributed by atoms with Gasteiger partial charge in [0.1, 0.15) is 11.4 Å². The molecule has 9 nitrogen and oxygen atoms in total. The molecule has 0 bridgehead atoms. The summed E-state index contributed by atoms with van der Waals surface area (Å²) in [5, 5.41) is 12.2. The summed E-state index contributed by atoms with van der Waals surface area (Å²) >= 11 is 1.25. The molecule has 1 aliphatic rings. The number of ether oxygens (including phenoxy) is 4. The van der Waals surface area contributed by atoms with Gasteiger partial charge in [-0.1, -0.05) is 23.4 Å². The first-order valence-corrected chi connectivity index (χ1v) is 13.8. The fourth-order valence-electron chi connectivity index (χ4n) is 4.41. The van der Waals surface area contributed by atoms with Crippen LogP contribution in [-0.2, 0) is 4.79 Å². The summed E-state index contributed by atoms with van der Waals surface area (Å²) in [6.07, 6.45) is 7.98. The van der Waals surface area contributed by atoms with Gasteiger partial charge in [-0.15, -0.1) is 10.2 Å². The molecule has 1 amide bonds. The molecule has 39 heavy (non-hydrogen) atoms. The average Bonchev–Trinajstić information content (AvgIpc) is 2.99. The number of nitrogens with zero attached hydrogens (tertiary/aromatic N) is 3. The lowest BCUT2D eigenvalue weighted by Gasteiger charge is -2.14. The Morgan fingerprint density at radius 2 is 1.49 bits per heavy atom. The van der Waals surface area contributed by atoms with E-state index in [2.05, 4.69) is 21.6 Å². The van der Waals surface area contributed by atoms with E-state index in [0.29, 0.717) is 46.1 Å². The summed E-state index contributed by atoms with van der Waals surface area (Å²) in [6, 6.07) is 11.1. The second kappa shape index (κ2) is 13.8. The Kier molecular flexibility index (Phi) is 10.0. The van der Waals surface area contributed by atoms with Crippen LogP contribution in [0.4, 0.5) is 0 Å². The number of hydrogen-bond donors (Lipinski definition) is 1. The van der Waals surface area contributed by atoms with Crippen LogP contribution in [0.2, 0.25) is 0 Å². The second-order valence-corrected chi connectivity index (χ2v) is 9.87. The number of allylic oxidation sites excluding steroid dienone is 1. The van der Waals surface area contributed by atoms with Crippen molar-refractivity contribution in [2.45, 2.75) is 37.3 Å². The average molecular weight is 551 g/mol. The Morgan fingerprint density at radius 1 is 0.846 bits per heavy atom. The van der Waals surface area contributed by atoms with Crippen LogP contribution in [0, 0.1) is 0 Å². The van der Waals surface area contributed by atoms with E-state index in [1.807, 2.05) is 36.4 Å². The number of benzene rings is 2. The van der Waals surface area contributed by atoms with Crippen LogP contribution in [0.5, 0.6) is 23.0 Å². The number of rotatable bonds is 12. The van der Waals surface area contributed by atoms with Gasteiger partial charge in [-0.2, -0.15) is 0 Å². The van der Waals surface area contributed by atoms with Crippen molar-refractivity contribution in [3.05, 3.63) is 48.0 Å². The minimum Gasteiger partial charge on any atom is -0.493 e. The molecule has 3 aromatic rings. The predicted octanol–water partition coefficient (Wildman–Crippen LogP) is 5.34. The molecular formula is C29H34N4O5S. The van der Waals surface area contributed by atoms with Crippen molar-refractivity contribution < 1.29 is 23.7 Å². The van der Waals surface area contributed by atoms with E-state index in [9.17, 15) is 4.79 Å². The Labute approximate surface area is 233 Å². The molecule has 10 heteroatoms. The maximum Gasteiger partial charge on any atom is 0.230 e. The number of nitrogens with one attached hydrogen (secondary N) is 1. The Morgan fingerprint density at radius 3 is 2.08 bits per heavy atom. The zero-order valence-electron chi connectivity index (χ0n) is 22.8. The molecule has 0 unspecified atom stereocenters. The van der Waals surface area contributed by atoms with Crippen molar-refractivity contribution in [2.24, 2.45) is 0 Å². The number of aromatic nitrogens is 3. The molecule has 0 saturated heterocycles. The van der Waals surface area contributed by atoms with Crippen molar-refractivity contribution in [2.75, 3.05) is 40.7 Å². The lowest BCUT2D eigenvalue weighted by Crippen LogP contribution is -2.26. The van der Waals surface area contributed by atoms with Gasteiger partial charge in [0.05, 0.1) is 34.2 Å². The zero-order valence-corrected chi connectivity index (χ0v) is 23.6. The predicted molar refractivity (Wildman–Crippen MR) is 152 cm³/mol. The van der Waals surface area contributed by atoms with Gasteiger partial charge in [-0.05, 0) is 68.5 Å². The topological polar surface area (TPSA) is 105 Å². The summed E-state index contributed by atoms with van der Waals surface area (Å²) < 4.78 is 21.8. The van der Waals surface area contributed by atoms with E-state index in [1.165, 1.54) is 30.2 Å². The summed E-state index contributed by atoms with van der Waals surface area (Å²) in [4.78, 5) is 17.3. The van der Waals surface area contributed by atoms with Gasteiger partial charge in [0, 0.05) is 17.7 Å². The van der Waals surface area contributed by atoms with Crippen molar-refractivity contribution in [3.8, 4) is 45.5 Å². The molecule has 1 aromatic heterocycles. The Balaban J connectivity index is 1.57. The molecule has 0 aliphatic heterocycles. The van der Waals surface area contributed by atoms with Crippen LogP contribution in [0.25, 0.3) is 22.5 Å². The zero-order chi connectivity index (χ0) is 27.6. The van der Waals surface area contributed by atoms with Gasteiger partial charge in [-0.25, -0.2) is 4.98 Å². The standard InChI is InChI=1S/C29H34N4O5S/c1-35-22-12-10-20(16-24(22)37-3)27-28(21-11-13-23(36-2)25(17-21)38-4)32-33-29(31-27)39-18-26(34)30-15-14-19-8-6-5-7-9-19/h8,10-13,16-17H,5-7,9,14-15,18H2,1-4H3,(H,30,34). The Bertz CT molecular complexity index is 1330. The highest BCUT2D eigenvalue weighted by Gasteiger charge is 2.18. The molecule has 1 N–H and O–H groups in total. The molecule has 0 atom stereocenters. The molecule has 1 aliphatic carbocycles. The van der Waals surface area contributed by atoms with Crippen molar-refractivity contribution in [3.63, 3.8) is 0 Å². The molecule has 2 aromatic carbocycles. The molecule has 0 spiro atoms. The summed E-state index contributed by atoms with van der Waals surface area (Å²) in [5.41, 5.74) is 4.10. The highest BCUT2D eigenvalue weighted by Crippen LogP contribution is 2.38. The lowest BCUT2D eigenvalue weighted by molar-refractivity contribution is -0.118. The Hall–Kier alpha value is -3.79. The van der Waals surface area contributed by atoms with Crippen LogP contribution in [0.1, 0.15) is 32.1 Å². The summed E-state index contributed by atoms with van der Waals surface area (Å²) in [7, 11) is 6.34. The number of hydrogen-bond acceptors (Lipinski definition) is 9. The molecular weight excluding hydrogens is 516 g/mol.